The normalized spacial score (nSPS) is 16.6. The molecule has 2 N–H and O–H groups in total. The third-order valence-electron chi connectivity index (χ3n) is 5.76. The van der Waals surface area contributed by atoms with E-state index < -0.39 is 11.7 Å². The minimum absolute atomic E-state index is 0.0449. The number of likely N-dealkylation sites (tertiary alicyclic amines) is 1. The number of hydrogen-bond donors (Lipinski definition) is 2. The molecule has 1 aliphatic rings. The molecule has 0 radical (unpaired) electrons. The predicted octanol–water partition coefficient (Wildman–Crippen LogP) is 4.83. The van der Waals surface area contributed by atoms with Crippen LogP contribution in [-0.2, 0) is 11.0 Å². The summed E-state index contributed by atoms with van der Waals surface area (Å²) in [5, 5.41) is 10.2. The first-order chi connectivity index (χ1) is 15.9. The van der Waals surface area contributed by atoms with Crippen LogP contribution >= 0.6 is 0 Å². The molecule has 1 saturated heterocycles. The number of piperidine rings is 1. The maximum Gasteiger partial charge on any atom is 0.416 e. The minimum Gasteiger partial charge on any atom is -0.354 e. The number of carbonyl (C=O) groups is 1. The van der Waals surface area contributed by atoms with Gasteiger partial charge in [-0.25, -0.2) is 9.97 Å². The summed E-state index contributed by atoms with van der Waals surface area (Å²) in [6.45, 7) is 1.22. The van der Waals surface area contributed by atoms with E-state index in [1.807, 2.05) is 4.90 Å². The summed E-state index contributed by atoms with van der Waals surface area (Å²) in [6.07, 6.45) is 4.20. The van der Waals surface area contributed by atoms with E-state index >= 15 is 0 Å². The Balaban J connectivity index is 1.43. The Labute approximate surface area is 189 Å². The van der Waals surface area contributed by atoms with Gasteiger partial charge in [-0.3, -0.25) is 9.89 Å². The van der Waals surface area contributed by atoms with Crippen LogP contribution in [-0.4, -0.2) is 44.1 Å². The summed E-state index contributed by atoms with van der Waals surface area (Å²) < 4.78 is 38.8. The molecular weight excluding hydrogens is 433 g/mol. The molecule has 1 aromatic carbocycles. The molecule has 3 heterocycles. The lowest BCUT2D eigenvalue weighted by Gasteiger charge is -2.36. The summed E-state index contributed by atoms with van der Waals surface area (Å²) in [5.74, 6) is 0.572. The molecule has 1 unspecified atom stereocenters. The molecule has 1 amide bonds. The highest BCUT2D eigenvalue weighted by atomic mass is 19.4. The van der Waals surface area contributed by atoms with E-state index in [4.69, 9.17) is 0 Å². The molecule has 2 aromatic heterocycles. The second-order valence-electron chi connectivity index (χ2n) is 7.97. The molecule has 4 rings (SSSR count). The number of nitrogens with zero attached hydrogens (tertiary/aromatic N) is 4. The Hall–Kier alpha value is -3.43. The number of nitrogens with one attached hydrogen (secondary N) is 2. The number of halogens is 3. The molecule has 0 spiro atoms. The van der Waals surface area contributed by atoms with Gasteiger partial charge in [0.1, 0.15) is 0 Å². The summed E-state index contributed by atoms with van der Waals surface area (Å²) in [4.78, 5) is 23.1. The third kappa shape index (κ3) is 5.50. The zero-order valence-electron chi connectivity index (χ0n) is 18.0. The topological polar surface area (TPSA) is 86.8 Å². The average Bonchev–Trinajstić information content (AvgIpc) is 3.32. The summed E-state index contributed by atoms with van der Waals surface area (Å²) >= 11 is 0. The van der Waals surface area contributed by atoms with Crippen LogP contribution in [0.5, 0.6) is 0 Å². The van der Waals surface area contributed by atoms with Gasteiger partial charge in [0.15, 0.2) is 0 Å². The standard InChI is InChI=1S/C23H25F3N6O/c24-23(25,26)17-9-7-16(8-10-17)18-15-30-31-21(18)19-5-1-2-14-32(19)20(33)6-3-11-27-22-28-12-4-13-29-22/h4,7-10,12-13,15,19H,1-3,5-6,11,14H2,(H,30,31)(H,27,28,29). The predicted molar refractivity (Wildman–Crippen MR) is 117 cm³/mol. The van der Waals surface area contributed by atoms with E-state index in [0.717, 1.165) is 42.7 Å². The SMILES string of the molecule is O=C(CCCNc1ncccn1)N1CCCCC1c1[nH]ncc1-c1ccc(C(F)(F)F)cc1. The zero-order valence-corrected chi connectivity index (χ0v) is 18.0. The minimum atomic E-state index is -4.38. The van der Waals surface area contributed by atoms with E-state index in [2.05, 4.69) is 25.5 Å². The van der Waals surface area contributed by atoms with Crippen LogP contribution in [0.2, 0.25) is 0 Å². The molecular formula is C23H25F3N6O. The Morgan fingerprint density at radius 3 is 2.64 bits per heavy atom. The number of hydrogen-bond acceptors (Lipinski definition) is 5. The van der Waals surface area contributed by atoms with Gasteiger partial charge in [0.05, 0.1) is 23.5 Å². The first-order valence-corrected chi connectivity index (χ1v) is 10.9. The van der Waals surface area contributed by atoms with Crippen LogP contribution in [0.1, 0.15) is 49.4 Å². The molecule has 1 atom stereocenters. The number of carbonyl (C=O) groups excluding carboxylic acids is 1. The number of aromatic nitrogens is 4. The van der Waals surface area contributed by atoms with Gasteiger partial charge < -0.3 is 10.2 Å². The number of amides is 1. The highest BCUT2D eigenvalue weighted by Crippen LogP contribution is 2.37. The fraction of sp³-hybridized carbons (Fsp3) is 0.391. The van der Waals surface area contributed by atoms with Crippen molar-refractivity contribution in [1.82, 2.24) is 25.1 Å². The molecule has 0 saturated carbocycles. The first kappa shape index (κ1) is 22.8. The summed E-state index contributed by atoms with van der Waals surface area (Å²) in [6, 6.07) is 6.59. The van der Waals surface area contributed by atoms with Crippen LogP contribution < -0.4 is 5.32 Å². The number of aromatic amines is 1. The van der Waals surface area contributed by atoms with Crippen LogP contribution in [0.3, 0.4) is 0 Å². The van der Waals surface area contributed by atoms with E-state index in [1.165, 1.54) is 12.1 Å². The van der Waals surface area contributed by atoms with Crippen molar-refractivity contribution in [1.29, 1.82) is 0 Å². The fourth-order valence-electron chi connectivity index (χ4n) is 4.12. The van der Waals surface area contributed by atoms with Crippen LogP contribution in [0, 0.1) is 0 Å². The number of H-pyrrole nitrogens is 1. The quantitative estimate of drug-likeness (QED) is 0.495. The lowest BCUT2D eigenvalue weighted by Crippen LogP contribution is -2.39. The second-order valence-corrected chi connectivity index (χ2v) is 7.97. The highest BCUT2D eigenvalue weighted by molar-refractivity contribution is 5.77. The number of alkyl halides is 3. The van der Waals surface area contributed by atoms with E-state index in [-0.39, 0.29) is 11.9 Å². The van der Waals surface area contributed by atoms with Crippen molar-refractivity contribution < 1.29 is 18.0 Å². The molecule has 3 aromatic rings. The van der Waals surface area contributed by atoms with Gasteiger partial charge in [-0.2, -0.15) is 18.3 Å². The maximum atomic E-state index is 13.0. The Morgan fingerprint density at radius 2 is 1.91 bits per heavy atom. The van der Waals surface area contributed by atoms with E-state index in [9.17, 15) is 18.0 Å². The Morgan fingerprint density at radius 1 is 1.15 bits per heavy atom. The molecule has 1 aliphatic heterocycles. The largest absolute Gasteiger partial charge is 0.416 e. The second kappa shape index (κ2) is 10.0. The highest BCUT2D eigenvalue weighted by Gasteiger charge is 2.32. The molecule has 7 nitrogen and oxygen atoms in total. The molecule has 0 bridgehead atoms. The lowest BCUT2D eigenvalue weighted by atomic mass is 9.94. The Kier molecular flexibility index (Phi) is 6.90. The smallest absolute Gasteiger partial charge is 0.354 e. The molecule has 174 valence electrons. The molecule has 0 aliphatic carbocycles. The zero-order chi connectivity index (χ0) is 23.3. The van der Waals surface area contributed by atoms with Crippen molar-refractivity contribution in [3.05, 3.63) is 60.2 Å². The van der Waals surface area contributed by atoms with Crippen molar-refractivity contribution >= 4 is 11.9 Å². The van der Waals surface area contributed by atoms with Crippen molar-refractivity contribution in [2.24, 2.45) is 0 Å². The average molecular weight is 458 g/mol. The van der Waals surface area contributed by atoms with Gasteiger partial charge in [0, 0.05) is 37.5 Å². The Bertz CT molecular complexity index is 1050. The molecule has 1 fully saturated rings. The van der Waals surface area contributed by atoms with Crippen LogP contribution in [0.15, 0.2) is 48.9 Å². The van der Waals surface area contributed by atoms with Crippen LogP contribution in [0.25, 0.3) is 11.1 Å². The summed E-state index contributed by atoms with van der Waals surface area (Å²) in [5.41, 5.74) is 1.42. The van der Waals surface area contributed by atoms with Gasteiger partial charge >= 0.3 is 6.18 Å². The fourth-order valence-corrected chi connectivity index (χ4v) is 4.12. The van der Waals surface area contributed by atoms with Crippen molar-refractivity contribution in [3.63, 3.8) is 0 Å². The van der Waals surface area contributed by atoms with Gasteiger partial charge in [-0.05, 0) is 49.4 Å². The first-order valence-electron chi connectivity index (χ1n) is 10.9. The van der Waals surface area contributed by atoms with Crippen molar-refractivity contribution in [2.45, 2.75) is 44.3 Å². The monoisotopic (exact) mass is 458 g/mol. The van der Waals surface area contributed by atoms with Crippen molar-refractivity contribution in [3.8, 4) is 11.1 Å². The van der Waals surface area contributed by atoms with Gasteiger partial charge in [0.25, 0.3) is 0 Å². The maximum absolute atomic E-state index is 13.0. The molecule has 33 heavy (non-hydrogen) atoms. The number of rotatable bonds is 7. The van der Waals surface area contributed by atoms with Crippen LogP contribution in [0.4, 0.5) is 19.1 Å². The van der Waals surface area contributed by atoms with E-state index in [0.29, 0.717) is 37.4 Å². The lowest BCUT2D eigenvalue weighted by molar-refractivity contribution is -0.137. The number of anilines is 1. The van der Waals surface area contributed by atoms with Gasteiger partial charge in [-0.15, -0.1) is 0 Å². The van der Waals surface area contributed by atoms with Gasteiger partial charge in [-0.1, -0.05) is 12.1 Å². The molecule has 10 heteroatoms. The van der Waals surface area contributed by atoms with Crippen molar-refractivity contribution in [2.75, 3.05) is 18.4 Å². The third-order valence-corrected chi connectivity index (χ3v) is 5.76. The summed E-state index contributed by atoms with van der Waals surface area (Å²) in [7, 11) is 0. The van der Waals surface area contributed by atoms with E-state index in [1.54, 1.807) is 24.7 Å². The number of benzene rings is 1. The van der Waals surface area contributed by atoms with Gasteiger partial charge in [0.2, 0.25) is 11.9 Å².